The minimum absolute atomic E-state index is 0.0371. The van der Waals surface area contributed by atoms with Gasteiger partial charge in [-0.1, -0.05) is 0 Å². The molecule has 0 radical (unpaired) electrons. The quantitative estimate of drug-likeness (QED) is 0.743. The zero-order valence-corrected chi connectivity index (χ0v) is 9.01. The van der Waals surface area contributed by atoms with Gasteiger partial charge in [0.1, 0.15) is 9.48 Å². The van der Waals surface area contributed by atoms with Crippen LogP contribution in [0.3, 0.4) is 0 Å². The van der Waals surface area contributed by atoms with Crippen molar-refractivity contribution in [3.63, 3.8) is 0 Å². The Labute approximate surface area is 78.9 Å². The number of halogens is 2. The summed E-state index contributed by atoms with van der Waals surface area (Å²) in [4.78, 5) is 15.4. The lowest BCUT2D eigenvalue weighted by molar-refractivity contribution is 0.102. The van der Waals surface area contributed by atoms with E-state index in [1.54, 1.807) is 0 Å². The molecule has 0 N–H and O–H groups in total. The van der Waals surface area contributed by atoms with Crippen LogP contribution in [0.25, 0.3) is 0 Å². The van der Waals surface area contributed by atoms with Crippen molar-refractivity contribution in [2.45, 2.75) is 6.92 Å². The zero-order valence-electron chi connectivity index (χ0n) is 5.02. The number of ketones is 1. The van der Waals surface area contributed by atoms with Crippen LogP contribution in [0, 0.1) is 0 Å². The molecule has 0 amide bonds. The highest BCUT2D eigenvalue weighted by Crippen LogP contribution is 2.27. The smallest absolute Gasteiger partial charge is 0.172 e. The molecule has 0 fully saturated rings. The van der Waals surface area contributed by atoms with E-state index in [0.29, 0.717) is 9.48 Å². The maximum atomic E-state index is 10.8. The van der Waals surface area contributed by atoms with Crippen LogP contribution in [0.15, 0.2) is 8.52 Å². The summed E-state index contributed by atoms with van der Waals surface area (Å²) < 4.78 is 1.35. The molecule has 1 aromatic heterocycles. The molecule has 1 aromatic rings. The van der Waals surface area contributed by atoms with E-state index in [2.05, 4.69) is 36.8 Å². The number of carbonyl (C=O) groups is 1. The van der Waals surface area contributed by atoms with Gasteiger partial charge in [0.15, 0.2) is 9.70 Å². The molecule has 54 valence electrons. The van der Waals surface area contributed by atoms with Crippen molar-refractivity contribution in [1.29, 1.82) is 0 Å². The normalized spacial score (nSPS) is 9.90. The van der Waals surface area contributed by atoms with Crippen LogP contribution in [0.4, 0.5) is 0 Å². The first kappa shape index (κ1) is 8.36. The number of hydrogen-bond donors (Lipinski definition) is 0. The minimum Gasteiger partial charge on any atom is -0.293 e. The van der Waals surface area contributed by atoms with Crippen LogP contribution < -0.4 is 0 Å². The highest BCUT2D eigenvalue weighted by atomic mass is 79.9. The third kappa shape index (κ3) is 1.65. The highest BCUT2D eigenvalue weighted by molar-refractivity contribution is 9.11. The van der Waals surface area contributed by atoms with E-state index in [-0.39, 0.29) is 5.78 Å². The summed E-state index contributed by atoms with van der Waals surface area (Å²) in [5.74, 6) is 0.0371. The largest absolute Gasteiger partial charge is 0.293 e. The van der Waals surface area contributed by atoms with Crippen LogP contribution in [0.2, 0.25) is 0 Å². The maximum absolute atomic E-state index is 10.8. The average Bonchev–Trinajstić information content (AvgIpc) is 2.10. The van der Waals surface area contributed by atoms with E-state index in [1.807, 2.05) is 0 Å². The van der Waals surface area contributed by atoms with Crippen molar-refractivity contribution in [2.24, 2.45) is 0 Å². The summed E-state index contributed by atoms with van der Waals surface area (Å²) in [6.45, 7) is 1.52. The van der Waals surface area contributed by atoms with Crippen molar-refractivity contribution in [3.8, 4) is 0 Å². The van der Waals surface area contributed by atoms with Crippen molar-refractivity contribution in [1.82, 2.24) is 4.98 Å². The molecule has 2 nitrogen and oxygen atoms in total. The molecule has 0 saturated carbocycles. The Morgan fingerprint density at radius 1 is 1.60 bits per heavy atom. The van der Waals surface area contributed by atoms with Gasteiger partial charge in [-0.2, -0.15) is 0 Å². The molecule has 5 heteroatoms. The molecule has 0 aliphatic heterocycles. The summed E-state index contributed by atoms with van der Waals surface area (Å²) in [6, 6.07) is 0. The lowest BCUT2D eigenvalue weighted by Crippen LogP contribution is -1.86. The fraction of sp³-hybridized carbons (Fsp3) is 0.200. The lowest BCUT2D eigenvalue weighted by Gasteiger charge is -1.83. The second-order valence-corrected chi connectivity index (χ2v) is 4.67. The van der Waals surface area contributed by atoms with Gasteiger partial charge in [-0.15, -0.1) is 11.3 Å². The fourth-order valence-corrected chi connectivity index (χ4v) is 2.79. The van der Waals surface area contributed by atoms with Gasteiger partial charge in [-0.05, 0) is 31.9 Å². The Balaban J connectivity index is 3.15. The Bertz CT molecular complexity index is 271. The molecule has 0 saturated heterocycles. The van der Waals surface area contributed by atoms with E-state index in [4.69, 9.17) is 0 Å². The Morgan fingerprint density at radius 3 is 2.40 bits per heavy atom. The molecule has 1 rings (SSSR count). The summed E-state index contributed by atoms with van der Waals surface area (Å²) >= 11 is 7.67. The molecule has 0 aliphatic carbocycles. The monoisotopic (exact) mass is 283 g/mol. The Kier molecular flexibility index (Phi) is 2.60. The SMILES string of the molecule is CC(=O)c1sc(Br)nc1Br. The van der Waals surface area contributed by atoms with E-state index < -0.39 is 0 Å². The van der Waals surface area contributed by atoms with Crippen LogP contribution in [0.5, 0.6) is 0 Å². The van der Waals surface area contributed by atoms with E-state index in [1.165, 1.54) is 18.3 Å². The van der Waals surface area contributed by atoms with Crippen LogP contribution in [-0.4, -0.2) is 10.8 Å². The summed E-state index contributed by atoms with van der Waals surface area (Å²) in [5.41, 5.74) is 0. The van der Waals surface area contributed by atoms with Crippen molar-refractivity contribution in [2.75, 3.05) is 0 Å². The standard InChI is InChI=1S/C5H3Br2NOS/c1-2(9)3-4(6)8-5(7)10-3/h1H3. The second-order valence-electron chi connectivity index (χ2n) is 1.64. The summed E-state index contributed by atoms with van der Waals surface area (Å²) in [7, 11) is 0. The predicted octanol–water partition coefficient (Wildman–Crippen LogP) is 2.87. The number of Topliss-reactive ketones (excluding diaryl/α,β-unsaturated/α-hetero) is 1. The third-order valence-electron chi connectivity index (χ3n) is 0.879. The molecule has 0 aliphatic rings. The number of nitrogens with zero attached hydrogens (tertiary/aromatic N) is 1. The zero-order chi connectivity index (χ0) is 7.72. The maximum Gasteiger partial charge on any atom is 0.172 e. The van der Waals surface area contributed by atoms with Gasteiger partial charge in [0.25, 0.3) is 0 Å². The first-order chi connectivity index (χ1) is 4.61. The number of hydrogen-bond acceptors (Lipinski definition) is 3. The molecular formula is C5H3Br2NOS. The van der Waals surface area contributed by atoms with Gasteiger partial charge in [0, 0.05) is 6.92 Å². The van der Waals surface area contributed by atoms with Gasteiger partial charge in [-0.25, -0.2) is 4.98 Å². The lowest BCUT2D eigenvalue weighted by atomic mass is 10.4. The number of aromatic nitrogens is 1. The summed E-state index contributed by atoms with van der Waals surface area (Å²) in [6.07, 6.45) is 0. The van der Waals surface area contributed by atoms with Gasteiger partial charge in [-0.3, -0.25) is 4.79 Å². The number of thiazole rings is 1. The van der Waals surface area contributed by atoms with Crippen LogP contribution in [-0.2, 0) is 0 Å². The van der Waals surface area contributed by atoms with E-state index >= 15 is 0 Å². The van der Waals surface area contributed by atoms with Gasteiger partial charge >= 0.3 is 0 Å². The van der Waals surface area contributed by atoms with Gasteiger partial charge in [0.2, 0.25) is 0 Å². The van der Waals surface area contributed by atoms with Gasteiger partial charge < -0.3 is 0 Å². The summed E-state index contributed by atoms with van der Waals surface area (Å²) in [5, 5.41) is 0. The van der Waals surface area contributed by atoms with Gasteiger partial charge in [0.05, 0.1) is 0 Å². The molecule has 0 unspecified atom stereocenters. The minimum atomic E-state index is 0.0371. The van der Waals surface area contributed by atoms with Crippen LogP contribution >= 0.6 is 43.2 Å². The average molecular weight is 285 g/mol. The first-order valence-corrected chi connectivity index (χ1v) is 4.84. The van der Waals surface area contributed by atoms with E-state index in [0.717, 1.165) is 3.92 Å². The molecule has 0 bridgehead atoms. The first-order valence-electron chi connectivity index (χ1n) is 2.44. The Hall–Kier alpha value is 0.260. The topological polar surface area (TPSA) is 30.0 Å². The second kappa shape index (κ2) is 3.11. The number of carbonyl (C=O) groups excluding carboxylic acids is 1. The fourth-order valence-electron chi connectivity index (χ4n) is 0.494. The molecule has 0 spiro atoms. The highest BCUT2D eigenvalue weighted by Gasteiger charge is 2.10. The van der Waals surface area contributed by atoms with Crippen molar-refractivity contribution < 1.29 is 4.79 Å². The molecular weight excluding hydrogens is 282 g/mol. The molecule has 0 atom stereocenters. The molecule has 1 heterocycles. The van der Waals surface area contributed by atoms with Crippen LogP contribution in [0.1, 0.15) is 16.6 Å². The Morgan fingerprint density at radius 2 is 2.20 bits per heavy atom. The predicted molar refractivity (Wildman–Crippen MR) is 47.5 cm³/mol. The van der Waals surface area contributed by atoms with Crippen molar-refractivity contribution in [3.05, 3.63) is 13.4 Å². The number of rotatable bonds is 1. The molecule has 10 heavy (non-hydrogen) atoms. The van der Waals surface area contributed by atoms with Crippen molar-refractivity contribution >= 4 is 49.0 Å². The van der Waals surface area contributed by atoms with E-state index in [9.17, 15) is 4.79 Å². The molecule has 0 aromatic carbocycles. The third-order valence-corrected chi connectivity index (χ3v) is 3.32.